The van der Waals surface area contributed by atoms with Crippen LogP contribution in [-0.2, 0) is 0 Å². The summed E-state index contributed by atoms with van der Waals surface area (Å²) in [5.41, 5.74) is 15.2. The monoisotopic (exact) mass is 781 g/mol. The number of rotatable bonds is 9. The fourth-order valence-electron chi connectivity index (χ4n) is 7.86. The lowest BCUT2D eigenvalue weighted by molar-refractivity contribution is 1.07. The van der Waals surface area contributed by atoms with Crippen LogP contribution in [0.1, 0.15) is 27.8 Å². The number of fused-ring (bicyclic) bond motifs is 1. The van der Waals surface area contributed by atoms with Gasteiger partial charge in [0.05, 0.1) is 11.4 Å². The Bertz CT molecular complexity index is 3030. The van der Waals surface area contributed by atoms with Gasteiger partial charge in [0.25, 0.3) is 0 Å². The van der Waals surface area contributed by atoms with Gasteiger partial charge in [0.15, 0.2) is 17.5 Å². The molecule has 2 N–H and O–H groups in total. The molecule has 1 aliphatic rings. The van der Waals surface area contributed by atoms with Crippen LogP contribution < -0.4 is 5.32 Å². The van der Waals surface area contributed by atoms with E-state index < -0.39 is 0 Å². The molecule has 0 fully saturated rings. The zero-order valence-electron chi connectivity index (χ0n) is 33.2. The first kappa shape index (κ1) is 37.0. The third-order valence-electron chi connectivity index (χ3n) is 10.9. The maximum absolute atomic E-state index is 9.67. The molecule has 0 radical (unpaired) electrons. The van der Waals surface area contributed by atoms with Gasteiger partial charge in [0, 0.05) is 39.1 Å². The number of aromatic nitrogens is 3. The Morgan fingerprint density at radius 2 is 0.770 bits per heavy atom. The maximum Gasteiger partial charge on any atom is 0.164 e. The van der Waals surface area contributed by atoms with Crippen LogP contribution in [0.15, 0.2) is 218 Å². The molecule has 1 aromatic heterocycles. The Labute approximate surface area is 355 Å². The molecule has 0 atom stereocenters. The van der Waals surface area contributed by atoms with E-state index in [0.717, 1.165) is 83.7 Å². The second-order valence-electron chi connectivity index (χ2n) is 14.9. The average Bonchev–Trinajstić information content (AvgIpc) is 3.35. The van der Waals surface area contributed by atoms with Crippen molar-refractivity contribution in [2.45, 2.75) is 0 Å². The first-order chi connectivity index (χ1) is 30.1. The Kier molecular flexibility index (Phi) is 10.0. The highest BCUT2D eigenvalue weighted by atomic mass is 15.0. The summed E-state index contributed by atoms with van der Waals surface area (Å²) >= 11 is 0. The smallest absolute Gasteiger partial charge is 0.164 e. The molecule has 0 amide bonds. The van der Waals surface area contributed by atoms with Crippen molar-refractivity contribution in [3.63, 3.8) is 0 Å². The molecular weight excluding hydrogens is 743 g/mol. The van der Waals surface area contributed by atoms with Crippen LogP contribution in [0.5, 0.6) is 0 Å². The fourth-order valence-corrected chi connectivity index (χ4v) is 7.86. The minimum Gasteiger partial charge on any atom is -0.354 e. The predicted octanol–water partition coefficient (Wildman–Crippen LogP) is 13.2. The largest absolute Gasteiger partial charge is 0.354 e. The molecule has 0 bridgehead atoms. The van der Waals surface area contributed by atoms with Crippen LogP contribution in [0.3, 0.4) is 0 Å². The Balaban J connectivity index is 1.07. The van der Waals surface area contributed by atoms with Crippen molar-refractivity contribution in [2.75, 3.05) is 0 Å². The summed E-state index contributed by atoms with van der Waals surface area (Å²) in [7, 11) is 0. The lowest BCUT2D eigenvalue weighted by Crippen LogP contribution is -2.20. The molecule has 5 heteroatoms. The molecular formula is C56H39N5. The number of nitrogens with zero attached hydrogens (tertiary/aromatic N) is 3. The highest BCUT2D eigenvalue weighted by molar-refractivity contribution is 6.36. The standard InChI is InChI=1S/C56H39N5/c57-52(40-22-10-3-11-23-40)51(39-20-8-2-9-21-39)53-49-36-46(32-33-47(49)37-50(58-53)38-18-6-1-7-19-38)44-29-16-28-43(34-44)45-30-17-31-48(35-45)56-60-54(41-24-12-4-13-25-41)59-55(61-56)42-26-14-5-15-27-42/h1-37,57-58H/b53-51-,57-52?. The zero-order valence-corrected chi connectivity index (χ0v) is 33.2. The van der Waals surface area contributed by atoms with Crippen LogP contribution in [0.2, 0.25) is 0 Å². The molecule has 8 aromatic carbocycles. The van der Waals surface area contributed by atoms with Crippen molar-refractivity contribution in [3.8, 4) is 56.4 Å². The van der Waals surface area contributed by atoms with E-state index in [1.165, 1.54) is 0 Å². The summed E-state index contributed by atoms with van der Waals surface area (Å²) < 4.78 is 0. The van der Waals surface area contributed by atoms with E-state index in [9.17, 15) is 5.41 Å². The fraction of sp³-hybridized carbons (Fsp3) is 0. The van der Waals surface area contributed by atoms with Crippen molar-refractivity contribution < 1.29 is 0 Å². The summed E-state index contributed by atoms with van der Waals surface area (Å²) in [6.45, 7) is 0. The van der Waals surface area contributed by atoms with Crippen LogP contribution >= 0.6 is 0 Å². The van der Waals surface area contributed by atoms with Gasteiger partial charge in [0.1, 0.15) is 0 Å². The topological polar surface area (TPSA) is 74.6 Å². The van der Waals surface area contributed by atoms with Crippen molar-refractivity contribution in [1.82, 2.24) is 20.3 Å². The van der Waals surface area contributed by atoms with E-state index in [1.54, 1.807) is 0 Å². The summed E-state index contributed by atoms with van der Waals surface area (Å²) in [5, 5.41) is 13.5. The maximum atomic E-state index is 9.67. The van der Waals surface area contributed by atoms with Crippen LogP contribution in [-0.4, -0.2) is 20.7 Å². The minimum atomic E-state index is 0.451. The lowest BCUT2D eigenvalue weighted by atomic mass is 9.86. The van der Waals surface area contributed by atoms with Crippen molar-refractivity contribution in [3.05, 3.63) is 246 Å². The first-order valence-corrected chi connectivity index (χ1v) is 20.4. The molecule has 5 nitrogen and oxygen atoms in total. The molecule has 0 saturated heterocycles. The van der Waals surface area contributed by atoms with Crippen LogP contribution in [0, 0.1) is 5.41 Å². The van der Waals surface area contributed by atoms with Gasteiger partial charge in [-0.2, -0.15) is 0 Å². The average molecular weight is 782 g/mol. The quantitative estimate of drug-likeness (QED) is 0.143. The second kappa shape index (κ2) is 16.5. The van der Waals surface area contributed by atoms with Crippen LogP contribution in [0.25, 0.3) is 79.5 Å². The normalized spacial score (nSPS) is 12.8. The van der Waals surface area contributed by atoms with Crippen molar-refractivity contribution >= 4 is 28.8 Å². The lowest BCUT2D eigenvalue weighted by Gasteiger charge is -2.27. The van der Waals surface area contributed by atoms with E-state index >= 15 is 0 Å². The molecule has 10 rings (SSSR count). The number of hydrogen-bond donors (Lipinski definition) is 2. The third-order valence-corrected chi connectivity index (χ3v) is 10.9. The summed E-state index contributed by atoms with van der Waals surface area (Å²) in [4.78, 5) is 14.9. The number of benzene rings is 8. The van der Waals surface area contributed by atoms with Crippen molar-refractivity contribution in [2.24, 2.45) is 0 Å². The number of hydrogen-bond acceptors (Lipinski definition) is 5. The highest BCUT2D eigenvalue weighted by Gasteiger charge is 2.24. The van der Waals surface area contributed by atoms with Gasteiger partial charge in [-0.1, -0.05) is 200 Å². The van der Waals surface area contributed by atoms with Gasteiger partial charge in [0.2, 0.25) is 0 Å². The molecule has 0 aliphatic carbocycles. The van der Waals surface area contributed by atoms with E-state index in [1.807, 2.05) is 115 Å². The van der Waals surface area contributed by atoms with Gasteiger partial charge < -0.3 is 5.32 Å². The highest BCUT2D eigenvalue weighted by Crippen LogP contribution is 2.39. The van der Waals surface area contributed by atoms with Crippen LogP contribution in [0.4, 0.5) is 0 Å². The van der Waals surface area contributed by atoms with E-state index in [0.29, 0.717) is 23.2 Å². The van der Waals surface area contributed by atoms with Gasteiger partial charge in [-0.25, -0.2) is 15.0 Å². The summed E-state index contributed by atoms with van der Waals surface area (Å²) in [6.07, 6.45) is 2.21. The third kappa shape index (κ3) is 7.72. The van der Waals surface area contributed by atoms with Gasteiger partial charge >= 0.3 is 0 Å². The Hall–Kier alpha value is -8.28. The first-order valence-electron chi connectivity index (χ1n) is 20.4. The minimum absolute atomic E-state index is 0.451. The van der Waals surface area contributed by atoms with E-state index in [2.05, 4.69) is 115 Å². The predicted molar refractivity (Wildman–Crippen MR) is 251 cm³/mol. The number of nitrogens with one attached hydrogen (secondary N) is 2. The summed E-state index contributed by atoms with van der Waals surface area (Å²) in [6, 6.07) is 74.5. The zero-order chi connectivity index (χ0) is 41.0. The molecule has 61 heavy (non-hydrogen) atoms. The second-order valence-corrected chi connectivity index (χ2v) is 14.9. The molecule has 0 saturated carbocycles. The molecule has 0 spiro atoms. The SMILES string of the molecule is N=C(/C(=C1\NC(c2ccccc2)=Cc2ccc(-c3cccc(-c4cccc(-c5nc(-c6ccccc6)nc(-c6ccccc6)n5)c4)c3)cc21)c1ccccc1)c1ccccc1. The van der Waals surface area contributed by atoms with E-state index in [-0.39, 0.29) is 0 Å². The molecule has 1 aliphatic heterocycles. The Morgan fingerprint density at radius 3 is 1.31 bits per heavy atom. The Morgan fingerprint density at radius 1 is 0.361 bits per heavy atom. The van der Waals surface area contributed by atoms with Gasteiger partial charge in [-0.3, -0.25) is 5.41 Å². The number of allylic oxidation sites excluding steroid dienone is 1. The summed E-state index contributed by atoms with van der Waals surface area (Å²) in [5.74, 6) is 1.88. The molecule has 2 heterocycles. The molecule has 9 aromatic rings. The molecule has 0 unspecified atom stereocenters. The van der Waals surface area contributed by atoms with Gasteiger partial charge in [-0.05, 0) is 63.2 Å². The van der Waals surface area contributed by atoms with Gasteiger partial charge in [-0.15, -0.1) is 0 Å². The van der Waals surface area contributed by atoms with E-state index in [4.69, 9.17) is 15.0 Å². The molecule has 288 valence electrons. The van der Waals surface area contributed by atoms with Crippen molar-refractivity contribution in [1.29, 1.82) is 5.41 Å².